The number of carbonyl (C=O) groups is 1. The van der Waals surface area contributed by atoms with Gasteiger partial charge < -0.3 is 18.9 Å². The zero-order valence-electron chi connectivity index (χ0n) is 17.0. The van der Waals surface area contributed by atoms with Crippen molar-refractivity contribution >= 4 is 23.6 Å². The minimum absolute atomic E-state index is 0.188. The summed E-state index contributed by atoms with van der Waals surface area (Å²) in [7, 11) is 0. The van der Waals surface area contributed by atoms with Gasteiger partial charge in [0.2, 0.25) is 5.82 Å². The molecule has 1 amide bonds. The number of amides is 1. The first-order chi connectivity index (χ1) is 15.0. The molecule has 0 bridgehead atoms. The highest BCUT2D eigenvalue weighted by molar-refractivity contribution is 6.12. The smallest absolute Gasteiger partial charge is 0.255 e. The summed E-state index contributed by atoms with van der Waals surface area (Å²) in [6.45, 7) is 3.09. The maximum absolute atomic E-state index is 14.2. The number of anilines is 2. The lowest BCUT2D eigenvalue weighted by atomic mass is 9.97. The third-order valence-electron chi connectivity index (χ3n) is 6.48. The molecular weight excluding hydrogens is 405 g/mol. The molecule has 10 heteroatoms. The Labute approximate surface area is 177 Å². The SMILES string of the molecule is CC1(N2C(=O)C3C(c4nc(C5CCCO5)no4)N=CN3c3ccc(F)cc32)CCCO1. The molecule has 2 saturated heterocycles. The fourth-order valence-electron chi connectivity index (χ4n) is 4.97. The van der Waals surface area contributed by atoms with Gasteiger partial charge in [0.1, 0.15) is 23.7 Å². The Morgan fingerprint density at radius 1 is 1.23 bits per heavy atom. The number of ether oxygens (including phenoxy) is 2. The molecule has 0 saturated carbocycles. The van der Waals surface area contributed by atoms with Crippen molar-refractivity contribution in [1.82, 2.24) is 10.1 Å². The molecule has 0 radical (unpaired) electrons. The molecule has 0 spiro atoms. The van der Waals surface area contributed by atoms with Gasteiger partial charge in [0.25, 0.3) is 11.8 Å². The lowest BCUT2D eigenvalue weighted by Gasteiger charge is -2.45. The monoisotopic (exact) mass is 427 g/mol. The van der Waals surface area contributed by atoms with Crippen LogP contribution in [0.4, 0.5) is 15.8 Å². The summed E-state index contributed by atoms with van der Waals surface area (Å²) in [6.07, 6.45) is 4.68. The molecule has 4 aliphatic heterocycles. The summed E-state index contributed by atoms with van der Waals surface area (Å²) in [4.78, 5) is 26.2. The highest BCUT2D eigenvalue weighted by Crippen LogP contribution is 2.47. The number of aromatic nitrogens is 2. The van der Waals surface area contributed by atoms with Crippen LogP contribution in [0, 0.1) is 5.82 Å². The molecule has 4 atom stereocenters. The zero-order chi connectivity index (χ0) is 21.2. The molecule has 2 fully saturated rings. The van der Waals surface area contributed by atoms with Crippen molar-refractivity contribution in [2.24, 2.45) is 4.99 Å². The first-order valence-electron chi connectivity index (χ1n) is 10.6. The van der Waals surface area contributed by atoms with Gasteiger partial charge in [-0.2, -0.15) is 4.98 Å². The maximum atomic E-state index is 14.2. The average molecular weight is 427 g/mol. The zero-order valence-corrected chi connectivity index (χ0v) is 17.0. The Bertz CT molecular complexity index is 1060. The lowest BCUT2D eigenvalue weighted by molar-refractivity contribution is -0.125. The number of carbonyl (C=O) groups excluding carboxylic acids is 1. The number of hydrogen-bond donors (Lipinski definition) is 0. The Morgan fingerprint density at radius 3 is 2.90 bits per heavy atom. The number of fused-ring (bicyclic) bond motifs is 3. The van der Waals surface area contributed by atoms with Gasteiger partial charge in [0, 0.05) is 13.2 Å². The highest BCUT2D eigenvalue weighted by atomic mass is 19.1. The molecule has 162 valence electrons. The Balaban J connectivity index is 1.40. The molecule has 0 N–H and O–H groups in total. The minimum atomic E-state index is -0.851. The van der Waals surface area contributed by atoms with Gasteiger partial charge in [0.05, 0.1) is 17.7 Å². The lowest BCUT2D eigenvalue weighted by Crippen LogP contribution is -2.60. The third kappa shape index (κ3) is 2.81. The van der Waals surface area contributed by atoms with Crippen LogP contribution in [0.25, 0.3) is 0 Å². The van der Waals surface area contributed by atoms with E-state index in [-0.39, 0.29) is 17.9 Å². The normalized spacial score (nSPS) is 32.1. The number of hydrogen-bond acceptors (Lipinski definition) is 8. The van der Waals surface area contributed by atoms with Crippen molar-refractivity contribution in [2.45, 2.75) is 56.5 Å². The Hall–Kier alpha value is -2.85. The van der Waals surface area contributed by atoms with Gasteiger partial charge in [-0.05, 0) is 50.8 Å². The number of rotatable bonds is 3. The molecule has 0 aliphatic carbocycles. The van der Waals surface area contributed by atoms with E-state index in [1.807, 2.05) is 6.92 Å². The average Bonchev–Trinajstić information content (AvgIpc) is 3.53. The maximum Gasteiger partial charge on any atom is 0.255 e. The van der Waals surface area contributed by atoms with Crippen molar-refractivity contribution in [2.75, 3.05) is 23.0 Å². The number of benzene rings is 1. The Kier molecular flexibility index (Phi) is 4.16. The predicted octanol–water partition coefficient (Wildman–Crippen LogP) is 2.89. The molecule has 1 aromatic heterocycles. The van der Waals surface area contributed by atoms with Gasteiger partial charge >= 0.3 is 0 Å². The topological polar surface area (TPSA) is 93.3 Å². The van der Waals surface area contributed by atoms with Crippen molar-refractivity contribution < 1.29 is 23.2 Å². The van der Waals surface area contributed by atoms with Gasteiger partial charge in [0.15, 0.2) is 6.04 Å². The molecule has 5 heterocycles. The highest BCUT2D eigenvalue weighted by Gasteiger charge is 2.53. The second kappa shape index (κ2) is 6.83. The van der Waals surface area contributed by atoms with Crippen LogP contribution in [0.2, 0.25) is 0 Å². The molecule has 4 aliphatic rings. The largest absolute Gasteiger partial charge is 0.370 e. The van der Waals surface area contributed by atoms with E-state index in [1.54, 1.807) is 22.2 Å². The van der Waals surface area contributed by atoms with Crippen molar-refractivity contribution in [3.05, 3.63) is 35.7 Å². The first kappa shape index (κ1) is 18.9. The van der Waals surface area contributed by atoms with Crippen LogP contribution in [0.3, 0.4) is 0 Å². The van der Waals surface area contributed by atoms with Crippen LogP contribution >= 0.6 is 0 Å². The van der Waals surface area contributed by atoms with E-state index in [2.05, 4.69) is 15.1 Å². The van der Waals surface area contributed by atoms with E-state index in [0.29, 0.717) is 36.8 Å². The van der Waals surface area contributed by atoms with Crippen LogP contribution < -0.4 is 9.80 Å². The van der Waals surface area contributed by atoms with Crippen LogP contribution in [0.5, 0.6) is 0 Å². The van der Waals surface area contributed by atoms with E-state index in [0.717, 1.165) is 19.3 Å². The van der Waals surface area contributed by atoms with Gasteiger partial charge in [-0.15, -0.1) is 0 Å². The van der Waals surface area contributed by atoms with Crippen LogP contribution in [-0.4, -0.2) is 47.4 Å². The van der Waals surface area contributed by atoms with Crippen molar-refractivity contribution in [1.29, 1.82) is 0 Å². The van der Waals surface area contributed by atoms with Crippen LogP contribution in [0.1, 0.15) is 56.5 Å². The molecule has 9 nitrogen and oxygen atoms in total. The second-order valence-electron chi connectivity index (χ2n) is 8.49. The molecular formula is C21H22FN5O4. The molecule has 4 unspecified atom stereocenters. The summed E-state index contributed by atoms with van der Waals surface area (Å²) in [5.74, 6) is 0.102. The summed E-state index contributed by atoms with van der Waals surface area (Å²) >= 11 is 0. The second-order valence-corrected chi connectivity index (χ2v) is 8.49. The molecule has 31 heavy (non-hydrogen) atoms. The van der Waals surface area contributed by atoms with E-state index >= 15 is 0 Å². The van der Waals surface area contributed by atoms with E-state index in [4.69, 9.17) is 14.0 Å². The Morgan fingerprint density at radius 2 is 2.13 bits per heavy atom. The van der Waals surface area contributed by atoms with Gasteiger partial charge in [-0.3, -0.25) is 14.7 Å². The van der Waals surface area contributed by atoms with Crippen LogP contribution in [0.15, 0.2) is 27.7 Å². The number of nitrogens with zero attached hydrogens (tertiary/aromatic N) is 5. The molecule has 2 aromatic rings. The standard InChI is InChI=1S/C21H22FN5O4/c1-21(7-3-9-30-21)27-14-10-12(22)5-6-13(14)26-11-23-16(17(26)20(27)28)19-24-18(25-31-19)15-4-2-8-29-15/h5-6,10-11,15-17H,2-4,7-9H2,1H3. The minimum Gasteiger partial charge on any atom is -0.370 e. The summed E-state index contributed by atoms with van der Waals surface area (Å²) in [5, 5.41) is 4.07. The fourth-order valence-corrected chi connectivity index (χ4v) is 4.97. The van der Waals surface area contributed by atoms with Gasteiger partial charge in [-0.25, -0.2) is 4.39 Å². The van der Waals surface area contributed by atoms with Crippen LogP contribution in [-0.2, 0) is 14.3 Å². The third-order valence-corrected chi connectivity index (χ3v) is 6.48. The quantitative estimate of drug-likeness (QED) is 0.744. The van der Waals surface area contributed by atoms with Crippen molar-refractivity contribution in [3.63, 3.8) is 0 Å². The van der Waals surface area contributed by atoms with E-state index in [9.17, 15) is 9.18 Å². The number of halogens is 1. The number of aliphatic imine (C=N–C) groups is 1. The molecule has 6 rings (SSSR count). The summed E-state index contributed by atoms with van der Waals surface area (Å²) < 4.78 is 31.3. The van der Waals surface area contributed by atoms with E-state index < -0.39 is 23.6 Å². The summed E-state index contributed by atoms with van der Waals surface area (Å²) in [5.41, 5.74) is 0.312. The summed E-state index contributed by atoms with van der Waals surface area (Å²) in [6, 6.07) is 3.04. The van der Waals surface area contributed by atoms with Crippen molar-refractivity contribution in [3.8, 4) is 0 Å². The molecule has 1 aromatic carbocycles. The van der Waals surface area contributed by atoms with E-state index in [1.165, 1.54) is 12.1 Å². The van der Waals surface area contributed by atoms with Gasteiger partial charge in [-0.1, -0.05) is 5.16 Å². The first-order valence-corrected chi connectivity index (χ1v) is 10.6. The predicted molar refractivity (Wildman–Crippen MR) is 107 cm³/mol. The fraction of sp³-hybridized carbons (Fsp3) is 0.524.